The molecule has 174 valence electrons. The molecule has 0 aliphatic carbocycles. The van der Waals surface area contributed by atoms with E-state index in [1.54, 1.807) is 0 Å². The number of rotatable bonds is 5. The Morgan fingerprint density at radius 1 is 0.600 bits per heavy atom. The van der Waals surface area contributed by atoms with Crippen molar-refractivity contribution in [3.8, 4) is 22.3 Å². The van der Waals surface area contributed by atoms with Crippen LogP contribution in [0.2, 0.25) is 0 Å². The van der Waals surface area contributed by atoms with Gasteiger partial charge in [-0.25, -0.2) is 0 Å². The molecule has 0 saturated carbocycles. The molecule has 1 saturated heterocycles. The van der Waals surface area contributed by atoms with Crippen LogP contribution in [-0.2, 0) is 9.31 Å². The molecule has 1 aliphatic heterocycles. The Kier molecular flexibility index (Phi) is 5.79. The Hall–Kier alpha value is -3.40. The van der Waals surface area contributed by atoms with E-state index in [0.717, 1.165) is 38.5 Å². The van der Waals surface area contributed by atoms with Gasteiger partial charge in [-0.2, -0.15) is 0 Å². The van der Waals surface area contributed by atoms with Crippen molar-refractivity contribution in [1.82, 2.24) is 0 Å². The predicted molar refractivity (Wildman–Crippen MR) is 151 cm³/mol. The van der Waals surface area contributed by atoms with E-state index in [1.807, 2.05) is 18.2 Å². The molecule has 3 heteroatoms. The van der Waals surface area contributed by atoms with Gasteiger partial charge in [0.2, 0.25) is 0 Å². The highest BCUT2D eigenvalue weighted by Gasteiger charge is 2.52. The van der Waals surface area contributed by atoms with Crippen LogP contribution in [-0.4, -0.2) is 18.3 Å². The highest BCUT2D eigenvalue weighted by molar-refractivity contribution is 6.66. The first-order valence-electron chi connectivity index (χ1n) is 12.1. The summed E-state index contributed by atoms with van der Waals surface area (Å²) in [5.41, 5.74) is 6.86. The third-order valence-corrected chi connectivity index (χ3v) is 7.51. The number of benzene rings is 4. The van der Waals surface area contributed by atoms with Gasteiger partial charge in [-0.1, -0.05) is 104 Å². The van der Waals surface area contributed by atoms with Crippen LogP contribution >= 0.6 is 0 Å². The molecule has 0 N–H and O–H groups in total. The lowest BCUT2D eigenvalue weighted by molar-refractivity contribution is 0.00578. The summed E-state index contributed by atoms with van der Waals surface area (Å²) >= 11 is 0. The van der Waals surface area contributed by atoms with Crippen molar-refractivity contribution < 1.29 is 9.31 Å². The Morgan fingerprint density at radius 3 is 1.66 bits per heavy atom. The fourth-order valence-electron chi connectivity index (χ4n) is 4.92. The van der Waals surface area contributed by atoms with Crippen LogP contribution in [0.1, 0.15) is 38.8 Å². The molecule has 0 spiro atoms. The summed E-state index contributed by atoms with van der Waals surface area (Å²) in [6.45, 7) is 16.7. The van der Waals surface area contributed by atoms with Crippen LogP contribution in [0, 0.1) is 0 Å². The van der Waals surface area contributed by atoms with E-state index < -0.39 is 18.3 Å². The van der Waals surface area contributed by atoms with Gasteiger partial charge in [-0.05, 0) is 77.3 Å². The zero-order valence-electron chi connectivity index (χ0n) is 21.0. The zero-order chi connectivity index (χ0) is 24.8. The summed E-state index contributed by atoms with van der Waals surface area (Å²) in [5.74, 6) is 0. The van der Waals surface area contributed by atoms with E-state index in [9.17, 15) is 0 Å². The standard InChI is InChI=1S/C32H31BO2/c1-7-25-26(8-2)30(33-34-31(3,4)32(5,6)35-33)28-17-13-12-16-27(28)29(25)24-20-18-23(19-21-24)22-14-10-9-11-15-22/h7-21H,1-2H2,3-6H3. The van der Waals surface area contributed by atoms with Gasteiger partial charge in [0, 0.05) is 0 Å². The van der Waals surface area contributed by atoms with Crippen molar-refractivity contribution >= 4 is 35.5 Å². The molecule has 5 rings (SSSR count). The Morgan fingerprint density at radius 2 is 1.09 bits per heavy atom. The van der Waals surface area contributed by atoms with E-state index in [-0.39, 0.29) is 0 Å². The van der Waals surface area contributed by atoms with Gasteiger partial charge in [0.1, 0.15) is 0 Å². The Balaban J connectivity index is 1.73. The molecule has 1 aliphatic rings. The van der Waals surface area contributed by atoms with Crippen LogP contribution in [0.25, 0.3) is 45.2 Å². The van der Waals surface area contributed by atoms with E-state index >= 15 is 0 Å². The molecule has 4 aromatic carbocycles. The average molecular weight is 458 g/mol. The second-order valence-corrected chi connectivity index (χ2v) is 10.1. The third-order valence-electron chi connectivity index (χ3n) is 7.51. The van der Waals surface area contributed by atoms with Crippen LogP contribution in [0.4, 0.5) is 0 Å². The van der Waals surface area contributed by atoms with Crippen molar-refractivity contribution in [3.63, 3.8) is 0 Å². The van der Waals surface area contributed by atoms with Crippen molar-refractivity contribution in [3.05, 3.63) is 103 Å². The highest BCUT2D eigenvalue weighted by atomic mass is 16.7. The molecule has 1 heterocycles. The van der Waals surface area contributed by atoms with Gasteiger partial charge in [-0.3, -0.25) is 0 Å². The lowest BCUT2D eigenvalue weighted by Crippen LogP contribution is -2.41. The maximum Gasteiger partial charge on any atom is 0.496 e. The largest absolute Gasteiger partial charge is 0.496 e. The molecule has 0 bridgehead atoms. The van der Waals surface area contributed by atoms with E-state index in [0.29, 0.717) is 0 Å². The minimum absolute atomic E-state index is 0.433. The van der Waals surface area contributed by atoms with Crippen LogP contribution in [0.15, 0.2) is 92.0 Å². The van der Waals surface area contributed by atoms with Crippen molar-refractivity contribution in [2.75, 3.05) is 0 Å². The summed E-state index contributed by atoms with van der Waals surface area (Å²) in [6, 6.07) is 27.7. The Bertz CT molecular complexity index is 1400. The minimum atomic E-state index is -0.494. The lowest BCUT2D eigenvalue weighted by Gasteiger charge is -2.32. The fourth-order valence-corrected chi connectivity index (χ4v) is 4.92. The summed E-state index contributed by atoms with van der Waals surface area (Å²) in [4.78, 5) is 0. The summed E-state index contributed by atoms with van der Waals surface area (Å²) in [6.07, 6.45) is 3.84. The number of hydrogen-bond acceptors (Lipinski definition) is 2. The molecule has 2 nitrogen and oxygen atoms in total. The zero-order valence-corrected chi connectivity index (χ0v) is 21.0. The molecular formula is C32H31BO2. The van der Waals surface area contributed by atoms with Crippen LogP contribution in [0.3, 0.4) is 0 Å². The molecule has 1 fully saturated rings. The van der Waals surface area contributed by atoms with Crippen molar-refractivity contribution in [2.45, 2.75) is 38.9 Å². The summed E-state index contributed by atoms with van der Waals surface area (Å²) < 4.78 is 13.0. The first-order chi connectivity index (χ1) is 16.8. The van der Waals surface area contributed by atoms with Crippen molar-refractivity contribution in [2.24, 2.45) is 0 Å². The van der Waals surface area contributed by atoms with E-state index in [1.165, 1.54) is 11.1 Å². The molecule has 4 aromatic rings. The topological polar surface area (TPSA) is 18.5 Å². The van der Waals surface area contributed by atoms with Gasteiger partial charge in [0.15, 0.2) is 0 Å². The SMILES string of the molecule is C=Cc1c(C=C)c(-c2ccc(-c3ccccc3)cc2)c2ccccc2c1B1OC(C)(C)C(C)(C)O1. The molecular weight excluding hydrogens is 427 g/mol. The van der Waals surface area contributed by atoms with Gasteiger partial charge >= 0.3 is 7.12 Å². The molecule has 35 heavy (non-hydrogen) atoms. The smallest absolute Gasteiger partial charge is 0.399 e. The Labute approximate surface area is 209 Å². The number of hydrogen-bond donors (Lipinski definition) is 0. The average Bonchev–Trinajstić information content (AvgIpc) is 3.09. The molecule has 0 unspecified atom stereocenters. The van der Waals surface area contributed by atoms with Crippen molar-refractivity contribution in [1.29, 1.82) is 0 Å². The van der Waals surface area contributed by atoms with Crippen LogP contribution in [0.5, 0.6) is 0 Å². The van der Waals surface area contributed by atoms with Gasteiger partial charge < -0.3 is 9.31 Å². The normalized spacial score (nSPS) is 16.4. The quantitative estimate of drug-likeness (QED) is 0.285. The van der Waals surface area contributed by atoms with Crippen LogP contribution < -0.4 is 5.46 Å². The van der Waals surface area contributed by atoms with Gasteiger partial charge in [-0.15, -0.1) is 0 Å². The first-order valence-corrected chi connectivity index (χ1v) is 12.1. The minimum Gasteiger partial charge on any atom is -0.399 e. The molecule has 0 aromatic heterocycles. The highest BCUT2D eigenvalue weighted by Crippen LogP contribution is 2.40. The second kappa shape index (κ2) is 8.68. The molecule has 0 radical (unpaired) electrons. The van der Waals surface area contributed by atoms with Gasteiger partial charge in [0.05, 0.1) is 11.2 Å². The predicted octanol–water partition coefficient (Wildman–Crippen LogP) is 7.76. The van der Waals surface area contributed by atoms with Gasteiger partial charge in [0.25, 0.3) is 0 Å². The lowest BCUT2D eigenvalue weighted by atomic mass is 9.70. The van der Waals surface area contributed by atoms with E-state index in [2.05, 4.69) is 114 Å². The monoisotopic (exact) mass is 458 g/mol. The first kappa shape index (κ1) is 23.4. The summed E-state index contributed by atoms with van der Waals surface area (Å²) in [5, 5.41) is 2.25. The molecule has 0 atom stereocenters. The fraction of sp³-hybridized carbons (Fsp3) is 0.188. The second-order valence-electron chi connectivity index (χ2n) is 10.1. The summed E-state index contributed by atoms with van der Waals surface area (Å²) in [7, 11) is -0.494. The third kappa shape index (κ3) is 3.85. The maximum absolute atomic E-state index is 6.51. The van der Waals surface area contributed by atoms with E-state index in [4.69, 9.17) is 9.31 Å². The molecule has 0 amide bonds. The maximum atomic E-state index is 6.51. The number of fused-ring (bicyclic) bond motifs is 1.